The Morgan fingerprint density at radius 3 is 2.88 bits per heavy atom. The molecule has 0 amide bonds. The van der Waals surface area contributed by atoms with E-state index in [1.807, 2.05) is 19.2 Å². The molecular weight excluding hydrogens is 481 g/mol. The average molecular weight is 505 g/mol. The van der Waals surface area contributed by atoms with Gasteiger partial charge in [-0.3, -0.25) is 9.36 Å². The van der Waals surface area contributed by atoms with Crippen LogP contribution in [0.1, 0.15) is 51.7 Å². The average Bonchev–Trinajstić information content (AvgIpc) is 3.40. The van der Waals surface area contributed by atoms with Crippen molar-refractivity contribution in [1.82, 2.24) is 19.9 Å². The summed E-state index contributed by atoms with van der Waals surface area (Å²) in [5.41, 5.74) is 1.84. The summed E-state index contributed by atoms with van der Waals surface area (Å²) in [7, 11) is 0. The first kappa shape index (κ1) is 23.2. The quantitative estimate of drug-likeness (QED) is 0.390. The van der Waals surface area contributed by atoms with Gasteiger partial charge in [-0.15, -0.1) is 22.7 Å². The van der Waals surface area contributed by atoms with Crippen molar-refractivity contribution in [3.05, 3.63) is 78.6 Å². The second-order valence-corrected chi connectivity index (χ2v) is 10.8. The van der Waals surface area contributed by atoms with Gasteiger partial charge in [-0.1, -0.05) is 18.2 Å². The number of nitrogens with zero attached hydrogens (tertiary/aromatic N) is 3. The van der Waals surface area contributed by atoms with Gasteiger partial charge in [-0.05, 0) is 50.3 Å². The maximum Gasteiger partial charge on any atom is 0.416 e. The number of benzene rings is 1. The number of hydrogen-bond donors (Lipinski definition) is 1. The van der Waals surface area contributed by atoms with Crippen LogP contribution in [0.2, 0.25) is 0 Å². The normalized spacial score (nSPS) is 17.1. The van der Waals surface area contributed by atoms with Gasteiger partial charge in [0, 0.05) is 22.8 Å². The first-order valence-electron chi connectivity index (χ1n) is 11.0. The van der Waals surface area contributed by atoms with Crippen molar-refractivity contribution in [2.45, 2.75) is 57.9 Å². The molecule has 1 aromatic carbocycles. The third kappa shape index (κ3) is 4.42. The molecule has 5 rings (SSSR count). The summed E-state index contributed by atoms with van der Waals surface area (Å²) in [4.78, 5) is 24.4. The largest absolute Gasteiger partial charge is 0.416 e. The Kier molecular flexibility index (Phi) is 6.07. The van der Waals surface area contributed by atoms with E-state index in [-0.39, 0.29) is 17.6 Å². The summed E-state index contributed by atoms with van der Waals surface area (Å²) in [5, 5.41) is 7.02. The zero-order valence-corrected chi connectivity index (χ0v) is 20.3. The van der Waals surface area contributed by atoms with E-state index < -0.39 is 11.7 Å². The molecule has 10 heteroatoms. The molecule has 1 N–H and O–H groups in total. The number of nitrogens with one attached hydrogen (secondary N) is 1. The SMILES string of the molecule is Cc1nc([C@H](C)n2cnc3sc4c(c3c2=O)CC[C@H](NCc2cccc(C(F)(F)F)c2)C4)cs1. The maximum atomic E-state index is 13.4. The minimum absolute atomic E-state index is 0.0453. The number of fused-ring (bicyclic) bond motifs is 3. The number of thiophene rings is 1. The molecule has 3 aromatic heterocycles. The Labute approximate surface area is 202 Å². The molecule has 0 saturated heterocycles. The second kappa shape index (κ2) is 8.90. The fraction of sp³-hybridized carbons (Fsp3) is 0.375. The van der Waals surface area contributed by atoms with E-state index in [2.05, 4.69) is 15.3 Å². The van der Waals surface area contributed by atoms with E-state index in [1.165, 1.54) is 23.5 Å². The fourth-order valence-corrected chi connectivity index (χ4v) is 6.42. The van der Waals surface area contributed by atoms with Crippen molar-refractivity contribution in [1.29, 1.82) is 0 Å². The smallest absolute Gasteiger partial charge is 0.310 e. The van der Waals surface area contributed by atoms with Crippen LogP contribution in [0.25, 0.3) is 10.2 Å². The topological polar surface area (TPSA) is 59.8 Å². The van der Waals surface area contributed by atoms with Crippen LogP contribution >= 0.6 is 22.7 Å². The lowest BCUT2D eigenvalue weighted by molar-refractivity contribution is -0.137. The Morgan fingerprint density at radius 2 is 2.15 bits per heavy atom. The standard InChI is InChI=1S/C24H23F3N4OS2/c1-13(19-11-33-14(2)30-19)31-12-29-22-21(23(31)32)18-7-6-17(9-20(18)34-22)28-10-15-4-3-5-16(8-15)24(25,26)27/h3-5,8,11-13,17,28H,6-7,9-10H2,1-2H3/t13-,17-/m0/s1. The summed E-state index contributed by atoms with van der Waals surface area (Å²) >= 11 is 3.10. The lowest BCUT2D eigenvalue weighted by atomic mass is 9.93. The Balaban J connectivity index is 1.35. The number of rotatable bonds is 5. The van der Waals surface area contributed by atoms with Crippen LogP contribution in [0.4, 0.5) is 13.2 Å². The van der Waals surface area contributed by atoms with Crippen LogP contribution in [0.3, 0.4) is 0 Å². The molecular formula is C24H23F3N4OS2. The van der Waals surface area contributed by atoms with Gasteiger partial charge in [0.05, 0.1) is 34.0 Å². The first-order valence-corrected chi connectivity index (χ1v) is 12.7. The van der Waals surface area contributed by atoms with Gasteiger partial charge < -0.3 is 5.32 Å². The Bertz CT molecular complexity index is 1410. The molecule has 1 aliphatic rings. The van der Waals surface area contributed by atoms with E-state index in [0.717, 1.165) is 51.3 Å². The monoisotopic (exact) mass is 504 g/mol. The van der Waals surface area contributed by atoms with Crippen molar-refractivity contribution in [3.8, 4) is 0 Å². The molecule has 5 nitrogen and oxygen atoms in total. The molecule has 0 spiro atoms. The highest BCUT2D eigenvalue weighted by Gasteiger charge is 2.30. The van der Waals surface area contributed by atoms with Crippen molar-refractivity contribution >= 4 is 32.9 Å². The highest BCUT2D eigenvalue weighted by atomic mass is 32.1. The van der Waals surface area contributed by atoms with Crippen molar-refractivity contribution in [2.75, 3.05) is 0 Å². The molecule has 0 fully saturated rings. The first-order chi connectivity index (χ1) is 16.2. The molecule has 1 aliphatic carbocycles. The van der Waals surface area contributed by atoms with Gasteiger partial charge >= 0.3 is 6.18 Å². The molecule has 0 aliphatic heterocycles. The van der Waals surface area contributed by atoms with Crippen LogP contribution in [-0.2, 0) is 25.6 Å². The summed E-state index contributed by atoms with van der Waals surface area (Å²) in [5.74, 6) is 0. The third-order valence-electron chi connectivity index (χ3n) is 6.33. The predicted molar refractivity (Wildman–Crippen MR) is 129 cm³/mol. The molecule has 0 unspecified atom stereocenters. The maximum absolute atomic E-state index is 13.4. The van der Waals surface area contributed by atoms with E-state index in [1.54, 1.807) is 28.3 Å². The predicted octanol–water partition coefficient (Wildman–Crippen LogP) is 5.50. The van der Waals surface area contributed by atoms with E-state index >= 15 is 0 Å². The van der Waals surface area contributed by atoms with Crippen LogP contribution < -0.4 is 10.9 Å². The fourth-order valence-electron chi connectivity index (χ4n) is 4.46. The van der Waals surface area contributed by atoms with E-state index in [0.29, 0.717) is 17.5 Å². The number of aryl methyl sites for hydroxylation is 2. The lowest BCUT2D eigenvalue weighted by Gasteiger charge is -2.23. The van der Waals surface area contributed by atoms with Crippen LogP contribution in [0, 0.1) is 6.92 Å². The van der Waals surface area contributed by atoms with Gasteiger partial charge in [-0.2, -0.15) is 13.2 Å². The number of halogens is 3. The Morgan fingerprint density at radius 1 is 1.32 bits per heavy atom. The summed E-state index contributed by atoms with van der Waals surface area (Å²) in [6.45, 7) is 4.26. The second-order valence-electron chi connectivity index (χ2n) is 8.63. The molecule has 0 saturated carbocycles. The Hall–Kier alpha value is -2.56. The number of hydrogen-bond acceptors (Lipinski definition) is 6. The number of alkyl halides is 3. The highest BCUT2D eigenvalue weighted by molar-refractivity contribution is 7.18. The molecule has 4 aromatic rings. The minimum atomic E-state index is -4.34. The zero-order chi connectivity index (χ0) is 24.0. The summed E-state index contributed by atoms with van der Waals surface area (Å²) in [6.07, 6.45) is -0.457. The molecule has 34 heavy (non-hydrogen) atoms. The van der Waals surface area contributed by atoms with Crippen molar-refractivity contribution in [3.63, 3.8) is 0 Å². The van der Waals surface area contributed by atoms with E-state index in [9.17, 15) is 18.0 Å². The van der Waals surface area contributed by atoms with Gasteiger partial charge in [0.2, 0.25) is 0 Å². The number of aromatic nitrogens is 3. The van der Waals surface area contributed by atoms with Gasteiger partial charge in [-0.25, -0.2) is 9.97 Å². The van der Waals surface area contributed by atoms with Crippen LogP contribution in [-0.4, -0.2) is 20.6 Å². The molecule has 3 heterocycles. The summed E-state index contributed by atoms with van der Waals surface area (Å²) < 4.78 is 40.6. The van der Waals surface area contributed by atoms with E-state index in [4.69, 9.17) is 0 Å². The lowest BCUT2D eigenvalue weighted by Crippen LogP contribution is -2.34. The molecule has 0 radical (unpaired) electrons. The van der Waals surface area contributed by atoms with Crippen LogP contribution in [0.5, 0.6) is 0 Å². The minimum Gasteiger partial charge on any atom is -0.310 e. The van der Waals surface area contributed by atoms with Crippen molar-refractivity contribution in [2.24, 2.45) is 0 Å². The molecule has 178 valence electrons. The zero-order valence-electron chi connectivity index (χ0n) is 18.6. The van der Waals surface area contributed by atoms with Crippen LogP contribution in [0.15, 0.2) is 40.8 Å². The molecule has 0 bridgehead atoms. The summed E-state index contributed by atoms with van der Waals surface area (Å²) in [6, 6.07) is 5.36. The van der Waals surface area contributed by atoms with Gasteiger partial charge in [0.15, 0.2) is 0 Å². The van der Waals surface area contributed by atoms with Gasteiger partial charge in [0.25, 0.3) is 5.56 Å². The number of thiazole rings is 1. The molecule has 2 atom stereocenters. The highest BCUT2D eigenvalue weighted by Crippen LogP contribution is 2.34. The van der Waals surface area contributed by atoms with Gasteiger partial charge in [0.1, 0.15) is 4.83 Å². The third-order valence-corrected chi connectivity index (χ3v) is 8.28. The van der Waals surface area contributed by atoms with Crippen molar-refractivity contribution < 1.29 is 13.2 Å².